The number of hydrogen-bond donors (Lipinski definition) is 3. The standard InChI is InChI=1S/C86H168O17P2/c1-9-78(7)64-56-48-40-32-28-24-20-16-12-14-18-22-26-30-34-43-52-60-68-85(90)102-82(73-97-84(89)67-59-51-45-37-39-47-55-63-77(5)6)75-101-105(94,95)99-71-80(87)70-98-104(92,93)100-74-81(103-86(91)69-61-53-44-36-35-41-49-57-65-79(8)10-2)72-96-83(88)66-58-50-42-33-29-25-21-17-13-11-15-19-23-27-31-38-46-54-62-76(3)4/h76-82,87H,9-75H2,1-8H3,(H,92,93)(H,94,95)/t78?,79?,80?,81-,82-/m1/s1. The number of aliphatic hydroxyl groups excluding tert-OH is 1. The van der Waals surface area contributed by atoms with E-state index in [9.17, 15) is 43.2 Å². The van der Waals surface area contributed by atoms with E-state index in [2.05, 4.69) is 55.4 Å². The van der Waals surface area contributed by atoms with Crippen molar-refractivity contribution in [1.82, 2.24) is 0 Å². The van der Waals surface area contributed by atoms with Crippen molar-refractivity contribution in [3.8, 4) is 0 Å². The van der Waals surface area contributed by atoms with E-state index in [1.54, 1.807) is 0 Å². The molecule has 0 aromatic carbocycles. The van der Waals surface area contributed by atoms with Crippen LogP contribution >= 0.6 is 15.6 Å². The van der Waals surface area contributed by atoms with Crippen molar-refractivity contribution < 1.29 is 80.2 Å². The van der Waals surface area contributed by atoms with Crippen LogP contribution in [0, 0.1) is 23.7 Å². The summed E-state index contributed by atoms with van der Waals surface area (Å²) < 4.78 is 68.8. The SMILES string of the molecule is CCC(C)CCCCCCCCCCCCCCCCCCCCC(=O)O[C@H](COC(=O)CCCCCCCCCC(C)C)COP(=O)(O)OCC(O)COP(=O)(O)OC[C@@H](COC(=O)CCCCCCCCCCCCCCCCCCCCC(C)C)OC(=O)CCCCCCCCCCC(C)CC. The molecule has 3 N–H and O–H groups in total. The van der Waals surface area contributed by atoms with Gasteiger partial charge in [0.15, 0.2) is 12.2 Å². The van der Waals surface area contributed by atoms with Crippen molar-refractivity contribution in [2.45, 2.75) is 465 Å². The summed E-state index contributed by atoms with van der Waals surface area (Å²) in [4.78, 5) is 73.1. The fourth-order valence-electron chi connectivity index (χ4n) is 13.3. The summed E-state index contributed by atoms with van der Waals surface area (Å²) in [6.45, 7) is 14.3. The van der Waals surface area contributed by atoms with E-state index in [-0.39, 0.29) is 25.7 Å². The fraction of sp³-hybridized carbons (Fsp3) is 0.953. The molecule has 0 bridgehead atoms. The molecule has 0 rings (SSSR count). The van der Waals surface area contributed by atoms with E-state index in [1.165, 1.54) is 244 Å². The number of carbonyl (C=O) groups excluding carboxylic acids is 4. The van der Waals surface area contributed by atoms with Gasteiger partial charge in [-0.2, -0.15) is 0 Å². The Balaban J connectivity index is 5.15. The number of phosphoric acid groups is 2. The molecule has 105 heavy (non-hydrogen) atoms. The highest BCUT2D eigenvalue weighted by Crippen LogP contribution is 2.45. The lowest BCUT2D eigenvalue weighted by atomic mass is 9.99. The molecule has 0 fully saturated rings. The quantitative estimate of drug-likeness (QED) is 0.0222. The topological polar surface area (TPSA) is 237 Å². The van der Waals surface area contributed by atoms with Crippen LogP contribution in [0.3, 0.4) is 0 Å². The molecule has 0 saturated carbocycles. The van der Waals surface area contributed by atoms with Gasteiger partial charge in [-0.3, -0.25) is 37.3 Å². The normalized spacial score (nSPS) is 14.4. The molecular formula is C86H168O17P2. The molecular weight excluding hydrogens is 1370 g/mol. The van der Waals surface area contributed by atoms with Crippen molar-refractivity contribution in [2.24, 2.45) is 23.7 Å². The Kier molecular flexibility index (Phi) is 73.4. The highest BCUT2D eigenvalue weighted by molar-refractivity contribution is 7.47. The van der Waals surface area contributed by atoms with Crippen molar-refractivity contribution in [3.05, 3.63) is 0 Å². The Morgan fingerprint density at radius 2 is 0.457 bits per heavy atom. The van der Waals surface area contributed by atoms with Crippen LogP contribution in [0.2, 0.25) is 0 Å². The number of ether oxygens (including phenoxy) is 4. The zero-order valence-electron chi connectivity index (χ0n) is 69.4. The number of esters is 4. The van der Waals surface area contributed by atoms with Crippen LogP contribution < -0.4 is 0 Å². The number of aliphatic hydroxyl groups is 1. The van der Waals surface area contributed by atoms with E-state index < -0.39 is 97.5 Å². The van der Waals surface area contributed by atoms with Gasteiger partial charge in [0, 0.05) is 25.7 Å². The minimum absolute atomic E-state index is 0.105. The molecule has 0 saturated heterocycles. The first kappa shape index (κ1) is 103. The van der Waals surface area contributed by atoms with Crippen molar-refractivity contribution in [2.75, 3.05) is 39.6 Å². The largest absolute Gasteiger partial charge is 0.472 e. The van der Waals surface area contributed by atoms with Crippen LogP contribution in [0.4, 0.5) is 0 Å². The second-order valence-electron chi connectivity index (χ2n) is 32.4. The number of unbranched alkanes of at least 4 members (excludes halogenated alkanes) is 47. The Bertz CT molecular complexity index is 2050. The van der Waals surface area contributed by atoms with Gasteiger partial charge in [0.2, 0.25) is 0 Å². The van der Waals surface area contributed by atoms with Gasteiger partial charge >= 0.3 is 39.5 Å². The number of carbonyl (C=O) groups is 4. The third-order valence-electron chi connectivity index (χ3n) is 20.8. The van der Waals surface area contributed by atoms with Gasteiger partial charge in [-0.1, -0.05) is 396 Å². The van der Waals surface area contributed by atoms with E-state index in [0.717, 1.165) is 114 Å². The molecule has 624 valence electrons. The Morgan fingerprint density at radius 3 is 0.676 bits per heavy atom. The predicted octanol–water partition coefficient (Wildman–Crippen LogP) is 25.9. The fourth-order valence-corrected chi connectivity index (χ4v) is 14.8. The molecule has 0 aromatic heterocycles. The molecule has 5 unspecified atom stereocenters. The molecule has 17 nitrogen and oxygen atoms in total. The molecule has 19 heteroatoms. The summed E-state index contributed by atoms with van der Waals surface area (Å²) in [6.07, 6.45) is 64.1. The van der Waals surface area contributed by atoms with Crippen LogP contribution in [0.1, 0.15) is 447 Å². The Labute approximate surface area is 645 Å². The third-order valence-corrected chi connectivity index (χ3v) is 22.7. The van der Waals surface area contributed by atoms with Gasteiger partial charge in [-0.15, -0.1) is 0 Å². The summed E-state index contributed by atoms with van der Waals surface area (Å²) in [5.41, 5.74) is 0. The average molecular weight is 1540 g/mol. The van der Waals surface area contributed by atoms with Crippen LogP contribution in [0.15, 0.2) is 0 Å². The maximum atomic E-state index is 13.1. The van der Waals surface area contributed by atoms with Crippen LogP contribution in [0.25, 0.3) is 0 Å². The first-order chi connectivity index (χ1) is 50.7. The van der Waals surface area contributed by atoms with E-state index in [1.807, 2.05) is 0 Å². The van der Waals surface area contributed by atoms with E-state index >= 15 is 0 Å². The maximum absolute atomic E-state index is 13.1. The molecule has 0 aliphatic carbocycles. The number of phosphoric ester groups is 2. The molecule has 0 radical (unpaired) electrons. The molecule has 0 aliphatic heterocycles. The molecule has 0 heterocycles. The monoisotopic (exact) mass is 1540 g/mol. The zero-order valence-corrected chi connectivity index (χ0v) is 71.2. The smallest absolute Gasteiger partial charge is 0.462 e. The minimum atomic E-state index is -4.96. The summed E-state index contributed by atoms with van der Waals surface area (Å²) >= 11 is 0. The summed E-state index contributed by atoms with van der Waals surface area (Å²) in [7, 11) is -9.93. The number of rotatable bonds is 83. The van der Waals surface area contributed by atoms with Crippen LogP contribution in [0.5, 0.6) is 0 Å². The first-order valence-corrected chi connectivity index (χ1v) is 47.3. The van der Waals surface area contributed by atoms with Gasteiger partial charge in [-0.25, -0.2) is 9.13 Å². The van der Waals surface area contributed by atoms with E-state index in [0.29, 0.717) is 31.6 Å². The number of hydrogen-bond acceptors (Lipinski definition) is 15. The van der Waals surface area contributed by atoms with Crippen LogP contribution in [-0.2, 0) is 65.4 Å². The van der Waals surface area contributed by atoms with Crippen LogP contribution in [-0.4, -0.2) is 96.7 Å². The van der Waals surface area contributed by atoms with Gasteiger partial charge in [0.25, 0.3) is 0 Å². The first-order valence-electron chi connectivity index (χ1n) is 44.3. The zero-order chi connectivity index (χ0) is 77.4. The molecule has 0 amide bonds. The molecule has 0 aliphatic rings. The van der Waals surface area contributed by atoms with Gasteiger partial charge in [-0.05, 0) is 49.4 Å². The average Bonchev–Trinajstić information content (AvgIpc) is 0.932. The van der Waals surface area contributed by atoms with Gasteiger partial charge in [0.1, 0.15) is 19.3 Å². The molecule has 0 spiro atoms. The highest BCUT2D eigenvalue weighted by atomic mass is 31.2. The second kappa shape index (κ2) is 74.8. The summed E-state index contributed by atoms with van der Waals surface area (Å²) in [6, 6.07) is 0. The lowest BCUT2D eigenvalue weighted by Gasteiger charge is -2.21. The lowest BCUT2D eigenvalue weighted by molar-refractivity contribution is -0.161. The second-order valence-corrected chi connectivity index (χ2v) is 35.3. The summed E-state index contributed by atoms with van der Waals surface area (Å²) in [5, 5.41) is 10.7. The lowest BCUT2D eigenvalue weighted by Crippen LogP contribution is -2.30. The third kappa shape index (κ3) is 77.2. The predicted molar refractivity (Wildman–Crippen MR) is 432 cm³/mol. The summed E-state index contributed by atoms with van der Waals surface area (Å²) in [5.74, 6) is 1.06. The molecule has 7 atom stereocenters. The Morgan fingerprint density at radius 1 is 0.267 bits per heavy atom. The van der Waals surface area contributed by atoms with E-state index in [4.69, 9.17) is 37.0 Å². The minimum Gasteiger partial charge on any atom is -0.462 e. The van der Waals surface area contributed by atoms with Crippen molar-refractivity contribution >= 4 is 39.5 Å². The highest BCUT2D eigenvalue weighted by Gasteiger charge is 2.31. The van der Waals surface area contributed by atoms with Crippen molar-refractivity contribution in [1.29, 1.82) is 0 Å². The van der Waals surface area contributed by atoms with Gasteiger partial charge < -0.3 is 33.8 Å². The molecule has 0 aromatic rings. The van der Waals surface area contributed by atoms with Crippen molar-refractivity contribution in [3.63, 3.8) is 0 Å². The maximum Gasteiger partial charge on any atom is 0.472 e. The Hall–Kier alpha value is -1.94. The van der Waals surface area contributed by atoms with Gasteiger partial charge in [0.05, 0.1) is 26.4 Å².